The van der Waals surface area contributed by atoms with Crippen molar-refractivity contribution in [1.29, 1.82) is 0 Å². The molecule has 1 atom stereocenters. The molecular weight excluding hydrogens is 239 g/mol. The summed E-state index contributed by atoms with van der Waals surface area (Å²) < 4.78 is 36.8. The molecule has 3 nitrogen and oxygen atoms in total. The van der Waals surface area contributed by atoms with Crippen LogP contribution < -0.4 is 5.73 Å². The van der Waals surface area contributed by atoms with Gasteiger partial charge in [-0.05, 0) is 27.1 Å². The number of aromatic nitrogens is 1. The molecule has 0 bridgehead atoms. The molecule has 1 rings (SSSR count). The molecule has 0 aliphatic carbocycles. The number of hydrogen-bond donors (Lipinski definition) is 1. The van der Waals surface area contributed by atoms with Gasteiger partial charge in [0.15, 0.2) is 5.01 Å². The Morgan fingerprint density at radius 2 is 2.12 bits per heavy atom. The Morgan fingerprint density at radius 3 is 2.56 bits per heavy atom. The van der Waals surface area contributed by atoms with Crippen LogP contribution in [0.4, 0.5) is 13.2 Å². The van der Waals surface area contributed by atoms with Gasteiger partial charge in [-0.1, -0.05) is 0 Å². The fraction of sp³-hybridized carbons (Fsp3) is 0.667. The zero-order chi connectivity index (χ0) is 12.3. The zero-order valence-electron chi connectivity index (χ0n) is 9.08. The lowest BCUT2D eigenvalue weighted by Gasteiger charge is -2.13. The second-order valence-electron chi connectivity index (χ2n) is 3.76. The average Bonchev–Trinajstić information content (AvgIpc) is 2.61. The van der Waals surface area contributed by atoms with E-state index in [0.717, 1.165) is 6.54 Å². The van der Waals surface area contributed by atoms with E-state index in [9.17, 15) is 13.2 Å². The van der Waals surface area contributed by atoms with Crippen LogP contribution >= 0.6 is 11.3 Å². The van der Waals surface area contributed by atoms with E-state index in [1.54, 1.807) is 0 Å². The predicted molar refractivity (Wildman–Crippen MR) is 57.2 cm³/mol. The van der Waals surface area contributed by atoms with E-state index in [2.05, 4.69) is 4.98 Å². The van der Waals surface area contributed by atoms with Crippen molar-refractivity contribution in [3.05, 3.63) is 16.1 Å². The van der Waals surface area contributed by atoms with E-state index < -0.39 is 11.2 Å². The van der Waals surface area contributed by atoms with E-state index >= 15 is 0 Å². The number of nitrogens with zero attached hydrogens (tertiary/aromatic N) is 2. The van der Waals surface area contributed by atoms with Crippen molar-refractivity contribution in [2.75, 3.05) is 20.6 Å². The summed E-state index contributed by atoms with van der Waals surface area (Å²) >= 11 is 0.620. The first-order valence-corrected chi connectivity index (χ1v) is 5.55. The summed E-state index contributed by atoms with van der Waals surface area (Å²) in [6.45, 7) is 0.737. The molecule has 0 aliphatic rings. The number of alkyl halides is 3. The van der Waals surface area contributed by atoms with Gasteiger partial charge in [-0.3, -0.25) is 0 Å². The van der Waals surface area contributed by atoms with E-state index in [-0.39, 0.29) is 6.04 Å². The number of thiazole rings is 1. The van der Waals surface area contributed by atoms with Gasteiger partial charge in [0.25, 0.3) is 0 Å². The molecule has 2 N–H and O–H groups in total. The van der Waals surface area contributed by atoms with Gasteiger partial charge in [-0.2, -0.15) is 13.2 Å². The van der Waals surface area contributed by atoms with Crippen molar-refractivity contribution in [3.63, 3.8) is 0 Å². The smallest absolute Gasteiger partial charge is 0.323 e. The minimum atomic E-state index is -4.37. The van der Waals surface area contributed by atoms with Crippen LogP contribution in [0.1, 0.15) is 22.3 Å². The van der Waals surface area contributed by atoms with Gasteiger partial charge < -0.3 is 10.6 Å². The number of rotatable bonds is 4. The van der Waals surface area contributed by atoms with Gasteiger partial charge in [-0.25, -0.2) is 4.98 Å². The molecule has 1 aromatic rings. The minimum absolute atomic E-state index is 0.379. The molecule has 1 aromatic heterocycles. The van der Waals surface area contributed by atoms with Crippen molar-refractivity contribution >= 4 is 11.3 Å². The highest BCUT2D eigenvalue weighted by molar-refractivity contribution is 7.11. The van der Waals surface area contributed by atoms with E-state index in [1.807, 2.05) is 19.0 Å². The van der Waals surface area contributed by atoms with Crippen LogP contribution in [0.25, 0.3) is 0 Å². The second kappa shape index (κ2) is 5.11. The maximum Gasteiger partial charge on any atom is 0.443 e. The summed E-state index contributed by atoms with van der Waals surface area (Å²) in [6.07, 6.45) is -2.54. The molecule has 16 heavy (non-hydrogen) atoms. The minimum Gasteiger partial charge on any atom is -0.323 e. The fourth-order valence-electron chi connectivity index (χ4n) is 1.13. The first kappa shape index (κ1) is 13.4. The summed E-state index contributed by atoms with van der Waals surface area (Å²) in [4.78, 5) is 5.75. The summed E-state index contributed by atoms with van der Waals surface area (Å²) in [6, 6.07) is -0.379. The van der Waals surface area contributed by atoms with Gasteiger partial charge >= 0.3 is 6.18 Å². The van der Waals surface area contributed by atoms with Gasteiger partial charge in [0.2, 0.25) is 0 Å². The summed E-state index contributed by atoms with van der Waals surface area (Å²) in [7, 11) is 3.78. The standard InChI is InChI=1S/C9H14F3N3S/c1-15(2)4-3-6(13)7-5-14-8(16-7)9(10,11)12/h5-6H,3-4,13H2,1-2H3. The highest BCUT2D eigenvalue weighted by Gasteiger charge is 2.34. The normalized spacial score (nSPS) is 14.4. The molecular formula is C9H14F3N3S. The Balaban J connectivity index is 2.63. The highest BCUT2D eigenvalue weighted by Crippen LogP contribution is 2.34. The van der Waals surface area contributed by atoms with Crippen LogP contribution in [0.5, 0.6) is 0 Å². The first-order chi connectivity index (χ1) is 7.30. The van der Waals surface area contributed by atoms with Crippen molar-refractivity contribution in [2.45, 2.75) is 18.6 Å². The summed E-state index contributed by atoms with van der Waals surface area (Å²) in [5.41, 5.74) is 5.78. The largest absolute Gasteiger partial charge is 0.443 e. The van der Waals surface area contributed by atoms with Crippen molar-refractivity contribution in [3.8, 4) is 0 Å². The van der Waals surface area contributed by atoms with E-state index in [4.69, 9.17) is 5.73 Å². The fourth-order valence-corrected chi connectivity index (χ4v) is 1.95. The van der Waals surface area contributed by atoms with Crippen LogP contribution in [-0.4, -0.2) is 30.5 Å². The molecule has 7 heteroatoms. The molecule has 0 amide bonds. The first-order valence-electron chi connectivity index (χ1n) is 4.74. The summed E-state index contributed by atoms with van der Waals surface area (Å²) in [5, 5.41) is -0.831. The molecule has 0 fully saturated rings. The van der Waals surface area contributed by atoms with E-state index in [1.165, 1.54) is 6.20 Å². The van der Waals surface area contributed by atoms with Crippen molar-refractivity contribution in [1.82, 2.24) is 9.88 Å². The topological polar surface area (TPSA) is 42.1 Å². The lowest BCUT2D eigenvalue weighted by molar-refractivity contribution is -0.137. The second-order valence-corrected chi connectivity index (χ2v) is 4.83. The number of nitrogens with two attached hydrogens (primary N) is 1. The van der Waals surface area contributed by atoms with Crippen LogP contribution in [0.15, 0.2) is 6.20 Å². The van der Waals surface area contributed by atoms with Crippen LogP contribution in [0.3, 0.4) is 0 Å². The molecule has 0 saturated carbocycles. The van der Waals surface area contributed by atoms with Gasteiger partial charge in [0.05, 0.1) is 0 Å². The Hall–Kier alpha value is -0.660. The average molecular weight is 253 g/mol. The molecule has 1 heterocycles. The Labute approximate surface area is 96.1 Å². The van der Waals surface area contributed by atoms with Gasteiger partial charge in [0.1, 0.15) is 0 Å². The summed E-state index contributed by atoms with van der Waals surface area (Å²) in [5.74, 6) is 0. The maximum atomic E-state index is 12.3. The Bertz CT molecular complexity index is 335. The van der Waals surface area contributed by atoms with Gasteiger partial charge in [-0.15, -0.1) is 11.3 Å². The third-order valence-corrected chi connectivity index (χ3v) is 3.19. The van der Waals surface area contributed by atoms with Crippen molar-refractivity contribution < 1.29 is 13.2 Å². The monoisotopic (exact) mass is 253 g/mol. The highest BCUT2D eigenvalue weighted by atomic mass is 32.1. The quantitative estimate of drug-likeness (QED) is 0.893. The predicted octanol–water partition coefficient (Wildman–Crippen LogP) is 2.11. The molecule has 0 radical (unpaired) electrons. The maximum absolute atomic E-state index is 12.3. The molecule has 0 spiro atoms. The molecule has 92 valence electrons. The molecule has 1 unspecified atom stereocenters. The number of hydrogen-bond acceptors (Lipinski definition) is 4. The van der Waals surface area contributed by atoms with Crippen LogP contribution in [0.2, 0.25) is 0 Å². The lowest BCUT2D eigenvalue weighted by Crippen LogP contribution is -2.19. The third-order valence-electron chi connectivity index (χ3n) is 2.02. The van der Waals surface area contributed by atoms with Crippen LogP contribution in [-0.2, 0) is 6.18 Å². The van der Waals surface area contributed by atoms with E-state index in [0.29, 0.717) is 22.6 Å². The zero-order valence-corrected chi connectivity index (χ0v) is 9.90. The van der Waals surface area contributed by atoms with Crippen molar-refractivity contribution in [2.24, 2.45) is 5.73 Å². The lowest BCUT2D eigenvalue weighted by atomic mass is 10.2. The molecule has 0 aromatic carbocycles. The SMILES string of the molecule is CN(C)CCC(N)c1cnc(C(F)(F)F)s1. The Kier molecular flexibility index (Phi) is 4.28. The third kappa shape index (κ3) is 3.73. The Morgan fingerprint density at radius 1 is 1.50 bits per heavy atom. The molecule has 0 saturated heterocycles. The number of halogens is 3. The molecule has 0 aliphatic heterocycles. The van der Waals surface area contributed by atoms with Crippen LogP contribution in [0, 0.1) is 0 Å². The van der Waals surface area contributed by atoms with Gasteiger partial charge in [0, 0.05) is 17.1 Å².